The van der Waals surface area contributed by atoms with Gasteiger partial charge in [0, 0.05) is 17.7 Å². The number of ether oxygens (including phenoxy) is 1. The SMILES string of the molecule is CCc1ccc(N2C(=O)C(=O)/C(=C(\O)c3ccc4c(c3)CC(C)O4)C2c2ccc(C)o2)cc1. The van der Waals surface area contributed by atoms with Gasteiger partial charge in [0.15, 0.2) is 0 Å². The maximum absolute atomic E-state index is 13.2. The van der Waals surface area contributed by atoms with Crippen LogP contribution in [-0.2, 0) is 22.4 Å². The average molecular weight is 443 g/mol. The number of benzene rings is 2. The number of aryl methyl sites for hydroxylation is 2. The van der Waals surface area contributed by atoms with E-state index in [1.807, 2.05) is 37.3 Å². The van der Waals surface area contributed by atoms with E-state index in [0.29, 0.717) is 22.8 Å². The molecule has 2 unspecified atom stereocenters. The zero-order valence-electron chi connectivity index (χ0n) is 18.8. The molecule has 1 amide bonds. The molecule has 2 aliphatic heterocycles. The molecule has 0 saturated carbocycles. The summed E-state index contributed by atoms with van der Waals surface area (Å²) in [5, 5.41) is 11.3. The lowest BCUT2D eigenvalue weighted by atomic mass is 9.97. The Bertz CT molecular complexity index is 1280. The normalized spacial score (nSPS) is 21.4. The second-order valence-corrected chi connectivity index (χ2v) is 8.59. The largest absolute Gasteiger partial charge is 0.507 e. The highest BCUT2D eigenvalue weighted by atomic mass is 16.5. The Morgan fingerprint density at radius 3 is 2.52 bits per heavy atom. The molecule has 33 heavy (non-hydrogen) atoms. The molecule has 6 nitrogen and oxygen atoms in total. The summed E-state index contributed by atoms with van der Waals surface area (Å²) in [4.78, 5) is 27.8. The predicted octanol–water partition coefficient (Wildman–Crippen LogP) is 5.10. The van der Waals surface area contributed by atoms with Gasteiger partial charge in [-0.2, -0.15) is 0 Å². The van der Waals surface area contributed by atoms with Crippen molar-refractivity contribution in [2.24, 2.45) is 0 Å². The molecule has 0 bridgehead atoms. The number of carbonyl (C=O) groups is 2. The molecule has 1 saturated heterocycles. The Kier molecular flexibility index (Phi) is 5.08. The third-order valence-corrected chi connectivity index (χ3v) is 6.27. The van der Waals surface area contributed by atoms with E-state index in [1.54, 1.807) is 31.2 Å². The highest BCUT2D eigenvalue weighted by Crippen LogP contribution is 2.43. The van der Waals surface area contributed by atoms with Crippen LogP contribution in [0.2, 0.25) is 0 Å². The van der Waals surface area contributed by atoms with Gasteiger partial charge in [-0.3, -0.25) is 14.5 Å². The summed E-state index contributed by atoms with van der Waals surface area (Å²) < 4.78 is 11.6. The lowest BCUT2D eigenvalue weighted by Gasteiger charge is -2.23. The summed E-state index contributed by atoms with van der Waals surface area (Å²) in [5.41, 5.74) is 3.14. The van der Waals surface area contributed by atoms with Crippen LogP contribution in [-0.4, -0.2) is 22.9 Å². The molecular weight excluding hydrogens is 418 g/mol. The Morgan fingerprint density at radius 1 is 1.09 bits per heavy atom. The molecule has 3 aromatic rings. The van der Waals surface area contributed by atoms with Crippen LogP contribution in [0.4, 0.5) is 5.69 Å². The van der Waals surface area contributed by atoms with E-state index in [4.69, 9.17) is 9.15 Å². The van der Waals surface area contributed by atoms with Gasteiger partial charge in [0.25, 0.3) is 11.7 Å². The Hall–Kier alpha value is -3.80. The minimum absolute atomic E-state index is 0.0147. The van der Waals surface area contributed by atoms with E-state index in [-0.39, 0.29) is 17.4 Å². The number of aliphatic hydroxyl groups is 1. The Balaban J connectivity index is 1.66. The first kappa shape index (κ1) is 21.1. The second kappa shape index (κ2) is 7.96. The van der Waals surface area contributed by atoms with Gasteiger partial charge in [0.05, 0.1) is 5.57 Å². The summed E-state index contributed by atoms with van der Waals surface area (Å²) in [7, 11) is 0. The van der Waals surface area contributed by atoms with E-state index in [0.717, 1.165) is 29.7 Å². The molecule has 1 fully saturated rings. The van der Waals surface area contributed by atoms with Gasteiger partial charge in [-0.05, 0) is 73.9 Å². The van der Waals surface area contributed by atoms with Crippen molar-refractivity contribution in [3.05, 3.63) is 88.4 Å². The van der Waals surface area contributed by atoms with Crippen LogP contribution in [0.3, 0.4) is 0 Å². The summed E-state index contributed by atoms with van der Waals surface area (Å²) >= 11 is 0. The number of Topliss-reactive ketones (excluding diaryl/α,β-unsaturated/α-hetero) is 1. The topological polar surface area (TPSA) is 80.0 Å². The van der Waals surface area contributed by atoms with Gasteiger partial charge >= 0.3 is 0 Å². The lowest BCUT2D eigenvalue weighted by Crippen LogP contribution is -2.29. The standard InChI is InChI=1S/C27H25NO5/c1-4-17-6-9-20(10-7-17)28-24(22-11-5-15(2)32-22)23(26(30)27(28)31)25(29)18-8-12-21-19(14-18)13-16(3)33-21/h5-12,14,16,24,29H,4,13H2,1-3H3/b25-23-. The molecule has 0 aliphatic carbocycles. The number of nitrogens with zero attached hydrogens (tertiary/aromatic N) is 1. The molecule has 0 spiro atoms. The number of hydrogen-bond donors (Lipinski definition) is 1. The molecule has 2 aliphatic rings. The first-order chi connectivity index (χ1) is 15.9. The fraction of sp³-hybridized carbons (Fsp3) is 0.259. The van der Waals surface area contributed by atoms with Crippen LogP contribution in [0.25, 0.3) is 5.76 Å². The van der Waals surface area contributed by atoms with Crippen molar-refractivity contribution in [1.82, 2.24) is 0 Å². The van der Waals surface area contributed by atoms with Crippen LogP contribution in [0.15, 0.2) is 64.6 Å². The van der Waals surface area contributed by atoms with E-state index in [9.17, 15) is 14.7 Å². The molecule has 1 N–H and O–H groups in total. The van der Waals surface area contributed by atoms with Crippen LogP contribution in [0.5, 0.6) is 5.75 Å². The fourth-order valence-corrected chi connectivity index (χ4v) is 4.59. The van der Waals surface area contributed by atoms with Crippen LogP contribution < -0.4 is 9.64 Å². The molecule has 168 valence electrons. The Labute approximate surface area is 192 Å². The summed E-state index contributed by atoms with van der Waals surface area (Å²) in [5.74, 6) is 0.192. The summed E-state index contributed by atoms with van der Waals surface area (Å²) in [6.07, 6.45) is 1.64. The zero-order chi connectivity index (χ0) is 23.3. The molecule has 1 aromatic heterocycles. The smallest absolute Gasteiger partial charge is 0.300 e. The number of ketones is 1. The number of anilines is 1. The molecule has 2 atom stereocenters. The molecule has 0 radical (unpaired) electrons. The summed E-state index contributed by atoms with van der Waals surface area (Å²) in [6.45, 7) is 5.83. The maximum atomic E-state index is 13.2. The van der Waals surface area contributed by atoms with Crippen molar-refractivity contribution in [1.29, 1.82) is 0 Å². The van der Waals surface area contributed by atoms with Gasteiger partial charge in [0.1, 0.15) is 35.2 Å². The number of furan rings is 1. The van der Waals surface area contributed by atoms with Crippen molar-refractivity contribution in [3.8, 4) is 5.75 Å². The van der Waals surface area contributed by atoms with Crippen molar-refractivity contribution in [2.75, 3.05) is 4.90 Å². The molecule has 3 heterocycles. The minimum atomic E-state index is -0.866. The van der Waals surface area contributed by atoms with E-state index in [1.165, 1.54) is 4.90 Å². The van der Waals surface area contributed by atoms with Gasteiger partial charge in [0.2, 0.25) is 0 Å². The number of carbonyl (C=O) groups excluding carboxylic acids is 2. The molecular formula is C27H25NO5. The van der Waals surface area contributed by atoms with E-state index >= 15 is 0 Å². The first-order valence-corrected chi connectivity index (χ1v) is 11.1. The number of amides is 1. The van der Waals surface area contributed by atoms with Gasteiger partial charge in [-0.25, -0.2) is 0 Å². The number of hydrogen-bond acceptors (Lipinski definition) is 5. The molecule has 5 rings (SSSR count). The number of fused-ring (bicyclic) bond motifs is 1. The average Bonchev–Trinajstić information content (AvgIpc) is 3.48. The highest BCUT2D eigenvalue weighted by molar-refractivity contribution is 6.51. The van der Waals surface area contributed by atoms with Crippen LogP contribution in [0.1, 0.15) is 48.1 Å². The van der Waals surface area contributed by atoms with Crippen molar-refractivity contribution >= 4 is 23.1 Å². The van der Waals surface area contributed by atoms with Gasteiger partial charge < -0.3 is 14.3 Å². The maximum Gasteiger partial charge on any atom is 0.300 e. The predicted molar refractivity (Wildman–Crippen MR) is 124 cm³/mol. The van der Waals surface area contributed by atoms with Gasteiger partial charge in [-0.15, -0.1) is 0 Å². The highest BCUT2D eigenvalue weighted by Gasteiger charge is 2.48. The second-order valence-electron chi connectivity index (χ2n) is 8.59. The van der Waals surface area contributed by atoms with Crippen molar-refractivity contribution in [2.45, 2.75) is 45.8 Å². The monoisotopic (exact) mass is 443 g/mol. The van der Waals surface area contributed by atoms with Gasteiger partial charge in [-0.1, -0.05) is 19.1 Å². The number of rotatable bonds is 4. The van der Waals surface area contributed by atoms with E-state index < -0.39 is 17.7 Å². The Morgan fingerprint density at radius 2 is 1.85 bits per heavy atom. The third-order valence-electron chi connectivity index (χ3n) is 6.27. The quantitative estimate of drug-likeness (QED) is 0.345. The molecule has 6 heteroatoms. The van der Waals surface area contributed by atoms with E-state index in [2.05, 4.69) is 6.92 Å². The first-order valence-electron chi connectivity index (χ1n) is 11.1. The fourth-order valence-electron chi connectivity index (χ4n) is 4.59. The third kappa shape index (κ3) is 3.52. The van der Waals surface area contributed by atoms with Crippen molar-refractivity contribution in [3.63, 3.8) is 0 Å². The van der Waals surface area contributed by atoms with Crippen molar-refractivity contribution < 1.29 is 23.8 Å². The molecule has 2 aromatic carbocycles. The van der Waals surface area contributed by atoms with Crippen LogP contribution >= 0.6 is 0 Å². The zero-order valence-corrected chi connectivity index (χ0v) is 18.8. The number of aliphatic hydroxyl groups excluding tert-OH is 1. The summed E-state index contributed by atoms with van der Waals surface area (Å²) in [6, 6.07) is 15.5. The minimum Gasteiger partial charge on any atom is -0.507 e. The van der Waals surface area contributed by atoms with Crippen LogP contribution in [0, 0.1) is 6.92 Å². The lowest BCUT2D eigenvalue weighted by molar-refractivity contribution is -0.132.